The fraction of sp³-hybridized carbons (Fsp3) is 0.500. The van der Waals surface area contributed by atoms with Gasteiger partial charge in [-0.1, -0.05) is 13.8 Å². The monoisotopic (exact) mass is 255 g/mol. The minimum Gasteiger partial charge on any atom is -0.367 e. The van der Waals surface area contributed by atoms with Crippen molar-refractivity contribution in [1.82, 2.24) is 0 Å². The molecule has 0 radical (unpaired) electrons. The smallest absolute Gasteiger partial charge is 0.150 e. The number of hydrogen-bond donors (Lipinski definition) is 0. The Morgan fingerprint density at radius 3 is 2.11 bits per heavy atom. The topological polar surface area (TPSA) is 20.3 Å². The summed E-state index contributed by atoms with van der Waals surface area (Å²) in [4.78, 5) is 12.1. The van der Waals surface area contributed by atoms with E-state index in [1.54, 1.807) is 11.9 Å². The van der Waals surface area contributed by atoms with Crippen LogP contribution in [0, 0.1) is 17.6 Å². The summed E-state index contributed by atoms with van der Waals surface area (Å²) in [6.07, 6.45) is 1.28. The van der Waals surface area contributed by atoms with E-state index in [0.29, 0.717) is 12.2 Å². The molecule has 0 saturated heterocycles. The first-order chi connectivity index (χ1) is 8.36. The molecule has 18 heavy (non-hydrogen) atoms. The number of halogens is 2. The van der Waals surface area contributed by atoms with Crippen LogP contribution in [0.2, 0.25) is 0 Å². The molecule has 0 aliphatic rings. The number of benzene rings is 1. The molecule has 0 aromatic heterocycles. The molecule has 0 aliphatic carbocycles. The van der Waals surface area contributed by atoms with E-state index < -0.39 is 11.6 Å². The summed E-state index contributed by atoms with van der Waals surface area (Å²) in [5.41, 5.74) is -0.0626. The highest BCUT2D eigenvalue weighted by Gasteiger charge is 2.19. The van der Waals surface area contributed by atoms with Crippen LogP contribution in [0.3, 0.4) is 0 Å². The minimum absolute atomic E-state index is 0.0127. The first kappa shape index (κ1) is 14.6. The van der Waals surface area contributed by atoms with Gasteiger partial charge in [-0.3, -0.25) is 4.79 Å². The summed E-state index contributed by atoms with van der Waals surface area (Å²) in [6.45, 7) is 6.05. The lowest BCUT2D eigenvalue weighted by Gasteiger charge is -2.29. The minimum atomic E-state index is -0.699. The quantitative estimate of drug-likeness (QED) is 0.748. The molecule has 2 nitrogen and oxygen atoms in total. The van der Waals surface area contributed by atoms with Gasteiger partial charge in [-0.25, -0.2) is 8.78 Å². The van der Waals surface area contributed by atoms with Gasteiger partial charge in [0.05, 0.1) is 0 Å². The van der Waals surface area contributed by atoms with Crippen LogP contribution in [-0.4, -0.2) is 19.4 Å². The molecule has 1 rings (SSSR count). The van der Waals surface area contributed by atoms with E-state index in [1.807, 2.05) is 6.92 Å². The number of nitrogens with zero attached hydrogens (tertiary/aromatic N) is 1. The number of hydrogen-bond acceptors (Lipinski definition) is 2. The second-order valence-electron chi connectivity index (χ2n) is 5.04. The van der Waals surface area contributed by atoms with Gasteiger partial charge in [-0.05, 0) is 31.4 Å². The highest BCUT2D eigenvalue weighted by Crippen LogP contribution is 2.26. The van der Waals surface area contributed by atoms with Gasteiger partial charge in [0.2, 0.25) is 0 Å². The summed E-state index contributed by atoms with van der Waals surface area (Å²) >= 11 is 0. The van der Waals surface area contributed by atoms with Crippen molar-refractivity contribution in [3.05, 3.63) is 29.3 Å². The Bertz CT molecular complexity index is 409. The van der Waals surface area contributed by atoms with E-state index in [0.717, 1.165) is 18.6 Å². The van der Waals surface area contributed by atoms with Crippen molar-refractivity contribution in [3.8, 4) is 0 Å². The summed E-state index contributed by atoms with van der Waals surface area (Å²) in [5.74, 6) is -0.951. The van der Waals surface area contributed by atoms with E-state index in [-0.39, 0.29) is 17.3 Å². The van der Waals surface area contributed by atoms with Crippen molar-refractivity contribution in [1.29, 1.82) is 0 Å². The summed E-state index contributed by atoms with van der Waals surface area (Å²) in [5, 5.41) is 0. The predicted octanol–water partition coefficient (Wildman–Crippen LogP) is 3.65. The molecule has 0 saturated carbocycles. The molecule has 1 aromatic carbocycles. The second kappa shape index (κ2) is 5.94. The van der Waals surface area contributed by atoms with Crippen LogP contribution in [0.25, 0.3) is 0 Å². The molecule has 0 fully saturated rings. The van der Waals surface area contributed by atoms with Gasteiger partial charge < -0.3 is 4.90 Å². The van der Waals surface area contributed by atoms with E-state index in [1.165, 1.54) is 0 Å². The molecule has 0 N–H and O–H groups in total. The van der Waals surface area contributed by atoms with Crippen LogP contribution in [0.4, 0.5) is 14.5 Å². The average Bonchev–Trinajstić information content (AvgIpc) is 2.26. The second-order valence-corrected chi connectivity index (χ2v) is 5.04. The molecule has 0 amide bonds. The maximum absolute atomic E-state index is 13.8. The zero-order valence-electron chi connectivity index (χ0n) is 11.2. The SMILES string of the molecule is CC(C)CC(C)N(C)c1c(F)cc(C=O)cc1F. The van der Waals surface area contributed by atoms with E-state index in [9.17, 15) is 13.6 Å². The zero-order chi connectivity index (χ0) is 13.9. The number of carbonyl (C=O) groups is 1. The Hall–Kier alpha value is -1.45. The van der Waals surface area contributed by atoms with Crippen LogP contribution in [0.1, 0.15) is 37.6 Å². The van der Waals surface area contributed by atoms with Crippen LogP contribution in [-0.2, 0) is 0 Å². The van der Waals surface area contributed by atoms with Crippen molar-refractivity contribution in [2.24, 2.45) is 5.92 Å². The van der Waals surface area contributed by atoms with E-state index in [4.69, 9.17) is 0 Å². The zero-order valence-corrected chi connectivity index (χ0v) is 11.2. The first-order valence-corrected chi connectivity index (χ1v) is 6.03. The molecule has 0 aliphatic heterocycles. The van der Waals surface area contributed by atoms with E-state index >= 15 is 0 Å². The third-order valence-electron chi connectivity index (χ3n) is 3.00. The Labute approximate surface area is 107 Å². The van der Waals surface area contributed by atoms with E-state index in [2.05, 4.69) is 13.8 Å². The lowest BCUT2D eigenvalue weighted by Crippen LogP contribution is -2.31. The largest absolute Gasteiger partial charge is 0.367 e. The van der Waals surface area contributed by atoms with Gasteiger partial charge in [-0.2, -0.15) is 0 Å². The van der Waals surface area contributed by atoms with Crippen molar-refractivity contribution in [2.75, 3.05) is 11.9 Å². The molecule has 1 unspecified atom stereocenters. The van der Waals surface area contributed by atoms with Gasteiger partial charge in [0.1, 0.15) is 23.6 Å². The van der Waals surface area contributed by atoms with Crippen molar-refractivity contribution in [3.63, 3.8) is 0 Å². The molecule has 1 aromatic rings. The number of aldehydes is 1. The molecular weight excluding hydrogens is 236 g/mol. The average molecular weight is 255 g/mol. The fourth-order valence-corrected chi connectivity index (χ4v) is 2.05. The Kier molecular flexibility index (Phi) is 4.82. The van der Waals surface area contributed by atoms with Crippen molar-refractivity contribution < 1.29 is 13.6 Å². The molecule has 0 spiro atoms. The van der Waals surface area contributed by atoms with Crippen LogP contribution in [0.5, 0.6) is 0 Å². The first-order valence-electron chi connectivity index (χ1n) is 6.03. The number of anilines is 1. The lowest BCUT2D eigenvalue weighted by molar-refractivity contribution is 0.112. The molecule has 0 heterocycles. The van der Waals surface area contributed by atoms with Crippen LogP contribution < -0.4 is 4.90 Å². The highest BCUT2D eigenvalue weighted by atomic mass is 19.1. The number of rotatable bonds is 5. The van der Waals surface area contributed by atoms with Gasteiger partial charge in [0.25, 0.3) is 0 Å². The molecule has 4 heteroatoms. The number of carbonyl (C=O) groups excluding carboxylic acids is 1. The molecule has 0 bridgehead atoms. The Balaban J connectivity index is 3.05. The Morgan fingerprint density at radius 2 is 1.72 bits per heavy atom. The van der Waals surface area contributed by atoms with Crippen LogP contribution >= 0.6 is 0 Å². The molecular formula is C14H19F2NO. The predicted molar refractivity (Wildman–Crippen MR) is 69.1 cm³/mol. The summed E-state index contributed by atoms with van der Waals surface area (Å²) < 4.78 is 27.6. The van der Waals surface area contributed by atoms with Gasteiger partial charge >= 0.3 is 0 Å². The third-order valence-corrected chi connectivity index (χ3v) is 3.00. The molecule has 1 atom stereocenters. The van der Waals surface area contributed by atoms with Gasteiger partial charge in [-0.15, -0.1) is 0 Å². The van der Waals surface area contributed by atoms with Crippen LogP contribution in [0.15, 0.2) is 12.1 Å². The van der Waals surface area contributed by atoms with Crippen molar-refractivity contribution in [2.45, 2.75) is 33.2 Å². The fourth-order valence-electron chi connectivity index (χ4n) is 2.05. The summed E-state index contributed by atoms with van der Waals surface area (Å²) in [7, 11) is 1.66. The lowest BCUT2D eigenvalue weighted by atomic mass is 10.0. The Morgan fingerprint density at radius 1 is 1.22 bits per heavy atom. The maximum Gasteiger partial charge on any atom is 0.150 e. The van der Waals surface area contributed by atoms with Gasteiger partial charge in [0, 0.05) is 18.7 Å². The highest BCUT2D eigenvalue weighted by molar-refractivity contribution is 5.76. The molecule has 100 valence electrons. The summed E-state index contributed by atoms with van der Waals surface area (Å²) in [6, 6.07) is 2.14. The van der Waals surface area contributed by atoms with Gasteiger partial charge in [0.15, 0.2) is 0 Å². The van der Waals surface area contributed by atoms with Crippen molar-refractivity contribution >= 4 is 12.0 Å². The maximum atomic E-state index is 13.8. The standard InChI is InChI=1S/C14H19F2NO/c1-9(2)5-10(3)17(4)14-12(15)6-11(8-18)7-13(14)16/h6-10H,5H2,1-4H3. The normalized spacial score (nSPS) is 12.6. The third kappa shape index (κ3) is 3.28.